The lowest BCUT2D eigenvalue weighted by atomic mass is 9.93. The molecular formula is C52H38N4O. The second-order valence-electron chi connectivity index (χ2n) is 14.7. The van der Waals surface area contributed by atoms with Crippen molar-refractivity contribution in [2.75, 3.05) is 0 Å². The van der Waals surface area contributed by atoms with Crippen molar-refractivity contribution in [1.82, 2.24) is 15.0 Å². The third-order valence-electron chi connectivity index (χ3n) is 10.9. The number of hydrogen-bond acceptors (Lipinski definition) is 2. The highest BCUT2D eigenvalue weighted by Gasteiger charge is 2.23. The van der Waals surface area contributed by atoms with Crippen LogP contribution in [0.4, 0.5) is 0 Å². The van der Waals surface area contributed by atoms with E-state index >= 15 is 0 Å². The van der Waals surface area contributed by atoms with Gasteiger partial charge in [-0.2, -0.15) is 0 Å². The second-order valence-corrected chi connectivity index (χ2v) is 14.7. The molecule has 0 spiro atoms. The molecule has 1 aliphatic carbocycles. The number of fused-ring (bicyclic) bond motifs is 7. The highest BCUT2D eigenvalue weighted by atomic mass is 16.1. The van der Waals surface area contributed by atoms with Crippen molar-refractivity contribution in [3.63, 3.8) is 0 Å². The van der Waals surface area contributed by atoms with Crippen LogP contribution in [-0.2, 0) is 4.79 Å². The molecule has 8 bridgehead atoms. The molecule has 2 aliphatic heterocycles. The number of Topliss-reactive ketones (excluding diaryl/α,β-unsaturated/α-hetero) is 1. The number of carbonyl (C=O) groups excluding carboxylic acids is 1. The number of nitrogens with one attached hydrogen (secondary N) is 3. The molecule has 10 rings (SSSR count). The van der Waals surface area contributed by atoms with Gasteiger partial charge in [0.2, 0.25) is 0 Å². The van der Waals surface area contributed by atoms with Gasteiger partial charge in [-0.25, -0.2) is 4.99 Å². The normalized spacial score (nSPS) is 20.3. The van der Waals surface area contributed by atoms with Gasteiger partial charge in [0, 0.05) is 60.9 Å². The van der Waals surface area contributed by atoms with Crippen molar-refractivity contribution in [1.29, 1.82) is 0 Å². The van der Waals surface area contributed by atoms with Gasteiger partial charge >= 0.3 is 0 Å². The van der Waals surface area contributed by atoms with E-state index < -0.39 is 0 Å². The van der Waals surface area contributed by atoms with E-state index in [4.69, 9.17) is 4.99 Å². The zero-order valence-corrected chi connectivity index (χ0v) is 31.6. The summed E-state index contributed by atoms with van der Waals surface area (Å²) in [4.78, 5) is 31.2. The average molecular weight is 735 g/mol. The van der Waals surface area contributed by atoms with Crippen LogP contribution in [0, 0.1) is 0 Å². The fourth-order valence-corrected chi connectivity index (χ4v) is 8.36. The summed E-state index contributed by atoms with van der Waals surface area (Å²) in [6, 6.07) is 52.5. The number of benzene rings is 4. The molecule has 0 atom stereocenters. The van der Waals surface area contributed by atoms with Gasteiger partial charge in [0.05, 0.1) is 16.8 Å². The molecule has 5 heterocycles. The lowest BCUT2D eigenvalue weighted by molar-refractivity contribution is -0.110. The minimum absolute atomic E-state index is 0.0148. The molecule has 272 valence electrons. The van der Waals surface area contributed by atoms with Crippen LogP contribution in [-0.4, -0.2) is 26.4 Å². The number of aromatic amines is 3. The van der Waals surface area contributed by atoms with E-state index in [0.29, 0.717) is 11.1 Å². The van der Waals surface area contributed by atoms with Crippen molar-refractivity contribution >= 4 is 39.4 Å². The van der Waals surface area contributed by atoms with Gasteiger partial charge in [-0.05, 0) is 95.8 Å². The number of hydrogen-bond donors (Lipinski definition) is 3. The predicted molar refractivity (Wildman–Crippen MR) is 231 cm³/mol. The molecule has 5 heteroatoms. The number of ketones is 1. The maximum atomic E-state index is 14.2. The summed E-state index contributed by atoms with van der Waals surface area (Å²) in [5, 5.41) is 3.58. The first kappa shape index (κ1) is 34.0. The maximum absolute atomic E-state index is 14.2. The quantitative estimate of drug-likeness (QED) is 0.170. The van der Waals surface area contributed by atoms with E-state index in [-0.39, 0.29) is 5.78 Å². The second kappa shape index (κ2) is 14.0. The summed E-state index contributed by atoms with van der Waals surface area (Å²) in [6.07, 6.45) is 8.23. The molecular weight excluding hydrogens is 697 g/mol. The van der Waals surface area contributed by atoms with Crippen LogP contribution in [0.3, 0.4) is 0 Å². The zero-order valence-electron chi connectivity index (χ0n) is 31.6. The van der Waals surface area contributed by atoms with Crippen LogP contribution < -0.4 is 21.3 Å². The summed E-state index contributed by atoms with van der Waals surface area (Å²) >= 11 is 0. The lowest BCUT2D eigenvalue weighted by Gasteiger charge is -2.11. The van der Waals surface area contributed by atoms with Crippen molar-refractivity contribution in [2.24, 2.45) is 4.99 Å². The molecule has 5 nitrogen and oxygen atoms in total. The van der Waals surface area contributed by atoms with Crippen molar-refractivity contribution in [3.8, 4) is 0 Å². The van der Waals surface area contributed by atoms with Gasteiger partial charge in [0.15, 0.2) is 5.78 Å². The van der Waals surface area contributed by atoms with Crippen LogP contribution in [0.2, 0.25) is 0 Å². The first-order chi connectivity index (χ1) is 28.0. The minimum atomic E-state index is 0.0148. The molecule has 0 fully saturated rings. The van der Waals surface area contributed by atoms with E-state index in [2.05, 4.69) is 161 Å². The third kappa shape index (κ3) is 6.06. The average Bonchev–Trinajstić information content (AvgIpc) is 4.08. The zero-order chi connectivity index (χ0) is 38.5. The van der Waals surface area contributed by atoms with E-state index in [9.17, 15) is 4.79 Å². The first-order valence-corrected chi connectivity index (χ1v) is 19.3. The van der Waals surface area contributed by atoms with Gasteiger partial charge in [0.25, 0.3) is 0 Å². The Balaban J connectivity index is 1.43. The standard InChI is InChI=1S/C52H38N4O/c1-32-29-33(2)52(57)39(30-32)38-31-46-49(36-19-11-5-12-20-36)44-26-25-42(54-44)47(34-15-7-3-8-16-34)40-23-24-41(53-40)48(35-17-9-4-10-18-35)43-27-28-45(55-43)50(51(38)56-46)37-21-13-6-14-22-37/h3-31,54-56H,1-2H3/b39-38+,47-42-,48-41-,49-44-,51-50-. The molecule has 3 aromatic heterocycles. The first-order valence-electron chi connectivity index (χ1n) is 19.3. The largest absolute Gasteiger partial charge is 0.354 e. The summed E-state index contributed by atoms with van der Waals surface area (Å²) in [5.74, 6) is 0.0148. The lowest BCUT2D eigenvalue weighted by Crippen LogP contribution is -2.31. The number of carbonyl (C=O) groups is 1. The van der Waals surface area contributed by atoms with Crippen LogP contribution in [0.25, 0.3) is 27.9 Å². The molecule has 7 aromatic rings. The molecule has 0 saturated heterocycles. The number of aromatic nitrogens is 3. The number of allylic oxidation sites excluding steroid dienone is 6. The van der Waals surface area contributed by atoms with Crippen LogP contribution in [0.15, 0.2) is 198 Å². The third-order valence-corrected chi connectivity index (χ3v) is 10.9. The molecule has 0 amide bonds. The molecule has 0 saturated carbocycles. The van der Waals surface area contributed by atoms with E-state index in [0.717, 1.165) is 99.9 Å². The highest BCUT2D eigenvalue weighted by molar-refractivity contribution is 6.30. The number of nitrogens with zero attached hydrogens (tertiary/aromatic N) is 1. The Labute approximate surface area is 330 Å². The summed E-state index contributed by atoms with van der Waals surface area (Å²) < 4.78 is 0. The van der Waals surface area contributed by atoms with Crippen LogP contribution in [0.5, 0.6) is 0 Å². The minimum Gasteiger partial charge on any atom is -0.354 e. The summed E-state index contributed by atoms with van der Waals surface area (Å²) in [7, 11) is 0. The van der Waals surface area contributed by atoms with Crippen molar-refractivity contribution in [2.45, 2.75) is 13.8 Å². The number of aliphatic imine (C=N–C) groups is 1. The molecule has 57 heavy (non-hydrogen) atoms. The van der Waals surface area contributed by atoms with E-state index in [1.54, 1.807) is 0 Å². The Morgan fingerprint density at radius 2 is 1.00 bits per heavy atom. The Morgan fingerprint density at radius 3 is 1.61 bits per heavy atom. The Kier molecular flexibility index (Phi) is 8.34. The smallest absolute Gasteiger partial charge is 0.189 e. The van der Waals surface area contributed by atoms with Gasteiger partial charge in [-0.1, -0.05) is 127 Å². The molecule has 4 aromatic carbocycles. The molecule has 3 N–H and O–H groups in total. The highest BCUT2D eigenvalue weighted by Crippen LogP contribution is 2.33. The van der Waals surface area contributed by atoms with Crippen LogP contribution in [0.1, 0.15) is 53.2 Å². The number of H-pyrrole nitrogens is 3. The monoisotopic (exact) mass is 734 g/mol. The van der Waals surface area contributed by atoms with Gasteiger partial charge in [-0.15, -0.1) is 0 Å². The van der Waals surface area contributed by atoms with Crippen molar-refractivity contribution in [3.05, 3.63) is 253 Å². The molecule has 0 radical (unpaired) electrons. The Bertz CT molecular complexity index is 3160. The number of rotatable bonds is 4. The van der Waals surface area contributed by atoms with Crippen molar-refractivity contribution < 1.29 is 4.79 Å². The van der Waals surface area contributed by atoms with Gasteiger partial charge in [0.1, 0.15) is 0 Å². The van der Waals surface area contributed by atoms with E-state index in [1.165, 1.54) is 0 Å². The summed E-state index contributed by atoms with van der Waals surface area (Å²) in [6.45, 7) is 3.95. The Hall–Kier alpha value is -7.50. The molecule has 0 unspecified atom stereocenters. The summed E-state index contributed by atoms with van der Waals surface area (Å²) in [5.41, 5.74) is 15.0. The predicted octanol–water partition coefficient (Wildman–Crippen LogP) is 7.77. The topological polar surface area (TPSA) is 76.8 Å². The molecule has 3 aliphatic rings. The fraction of sp³-hybridized carbons (Fsp3) is 0.0385. The fourth-order valence-electron chi connectivity index (χ4n) is 8.36. The maximum Gasteiger partial charge on any atom is 0.189 e. The Morgan fingerprint density at radius 1 is 0.474 bits per heavy atom. The van der Waals surface area contributed by atoms with Crippen LogP contribution >= 0.6 is 0 Å². The van der Waals surface area contributed by atoms with Gasteiger partial charge in [-0.3, -0.25) is 4.79 Å². The SMILES string of the molecule is CC1=C/C(=c2/cc3[nH]/c2=C(/c2ccccc2)c2ccc([nH]2)/C(c2ccccc2)=C2/C=CC(=N2)/C(c2ccccc2)=c2/cc/c([nH]2)=C/3c2ccccc2)C(=O)C(C)=C1. The van der Waals surface area contributed by atoms with Gasteiger partial charge < -0.3 is 15.0 Å². The van der Waals surface area contributed by atoms with E-state index in [1.807, 2.05) is 43.3 Å².